The van der Waals surface area contributed by atoms with Gasteiger partial charge >= 0.3 is 0 Å². The van der Waals surface area contributed by atoms with E-state index in [0.717, 1.165) is 9.21 Å². The van der Waals surface area contributed by atoms with Gasteiger partial charge in [0.05, 0.1) is 10.5 Å². The lowest BCUT2D eigenvalue weighted by atomic mass is 10.1. The SMILES string of the molecule is NC(Cc1ccc(Cl)s1)c1ccncc1F. The van der Waals surface area contributed by atoms with Crippen molar-refractivity contribution in [2.75, 3.05) is 0 Å². The lowest BCUT2D eigenvalue weighted by Crippen LogP contribution is -2.14. The Balaban J connectivity index is 2.14. The van der Waals surface area contributed by atoms with Crippen LogP contribution in [0.1, 0.15) is 16.5 Å². The van der Waals surface area contributed by atoms with Crippen LogP contribution < -0.4 is 5.73 Å². The second-order valence-electron chi connectivity index (χ2n) is 3.41. The summed E-state index contributed by atoms with van der Waals surface area (Å²) in [6, 6.07) is 4.97. The second kappa shape index (κ2) is 4.91. The van der Waals surface area contributed by atoms with Crippen LogP contribution in [0.3, 0.4) is 0 Å². The Morgan fingerprint density at radius 2 is 2.25 bits per heavy atom. The number of hydrogen-bond donors (Lipinski definition) is 1. The maximum absolute atomic E-state index is 13.4. The van der Waals surface area contributed by atoms with Crippen molar-refractivity contribution in [3.05, 3.63) is 51.2 Å². The summed E-state index contributed by atoms with van der Waals surface area (Å²) in [6.07, 6.45) is 3.30. The van der Waals surface area contributed by atoms with Gasteiger partial charge in [-0.15, -0.1) is 11.3 Å². The predicted molar refractivity (Wildman–Crippen MR) is 64.2 cm³/mol. The molecule has 0 fully saturated rings. The molecule has 0 saturated carbocycles. The minimum Gasteiger partial charge on any atom is -0.324 e. The van der Waals surface area contributed by atoms with Gasteiger partial charge in [0.1, 0.15) is 5.82 Å². The summed E-state index contributed by atoms with van der Waals surface area (Å²) in [7, 11) is 0. The zero-order chi connectivity index (χ0) is 11.5. The molecule has 2 rings (SSSR count). The first kappa shape index (κ1) is 11.5. The van der Waals surface area contributed by atoms with Crippen LogP contribution in [0.4, 0.5) is 4.39 Å². The molecule has 0 aliphatic rings. The lowest BCUT2D eigenvalue weighted by molar-refractivity contribution is 0.576. The highest BCUT2D eigenvalue weighted by molar-refractivity contribution is 7.16. The maximum Gasteiger partial charge on any atom is 0.146 e. The van der Waals surface area contributed by atoms with Gasteiger partial charge in [-0.25, -0.2) is 4.39 Å². The van der Waals surface area contributed by atoms with Crippen LogP contribution in [-0.2, 0) is 6.42 Å². The van der Waals surface area contributed by atoms with Gasteiger partial charge in [-0.05, 0) is 18.2 Å². The molecule has 0 bridgehead atoms. The topological polar surface area (TPSA) is 38.9 Å². The Bertz CT molecular complexity index is 486. The third-order valence-corrected chi connectivity index (χ3v) is 3.51. The molecule has 0 spiro atoms. The molecule has 0 aromatic carbocycles. The van der Waals surface area contributed by atoms with E-state index in [0.29, 0.717) is 12.0 Å². The first-order valence-electron chi connectivity index (χ1n) is 4.76. The summed E-state index contributed by atoms with van der Waals surface area (Å²) < 4.78 is 14.1. The molecular formula is C11H10ClFN2S. The molecule has 16 heavy (non-hydrogen) atoms. The minimum atomic E-state index is -0.363. The van der Waals surface area contributed by atoms with E-state index in [-0.39, 0.29) is 11.9 Å². The molecule has 2 heterocycles. The van der Waals surface area contributed by atoms with Crippen LogP contribution in [0.2, 0.25) is 4.34 Å². The molecule has 1 atom stereocenters. The number of aromatic nitrogens is 1. The van der Waals surface area contributed by atoms with Gasteiger partial charge in [-0.2, -0.15) is 0 Å². The van der Waals surface area contributed by atoms with E-state index in [4.69, 9.17) is 17.3 Å². The number of nitrogens with two attached hydrogens (primary N) is 1. The van der Waals surface area contributed by atoms with Crippen molar-refractivity contribution < 1.29 is 4.39 Å². The largest absolute Gasteiger partial charge is 0.324 e. The highest BCUT2D eigenvalue weighted by Gasteiger charge is 2.12. The van der Waals surface area contributed by atoms with E-state index in [9.17, 15) is 4.39 Å². The van der Waals surface area contributed by atoms with Crippen LogP contribution in [0.25, 0.3) is 0 Å². The summed E-state index contributed by atoms with van der Waals surface area (Å²) in [4.78, 5) is 4.74. The van der Waals surface area contributed by atoms with E-state index in [1.54, 1.807) is 12.3 Å². The van der Waals surface area contributed by atoms with E-state index in [1.165, 1.54) is 17.5 Å². The molecule has 0 radical (unpaired) electrons. The quantitative estimate of drug-likeness (QED) is 0.916. The first-order chi connectivity index (χ1) is 7.66. The molecule has 0 amide bonds. The monoisotopic (exact) mass is 256 g/mol. The Labute approximate surface area is 102 Å². The van der Waals surface area contributed by atoms with E-state index < -0.39 is 0 Å². The average molecular weight is 257 g/mol. The molecule has 5 heteroatoms. The summed E-state index contributed by atoms with van der Waals surface area (Å²) in [6.45, 7) is 0. The van der Waals surface area contributed by atoms with Crippen LogP contribution in [0.15, 0.2) is 30.6 Å². The van der Waals surface area contributed by atoms with Crippen molar-refractivity contribution >= 4 is 22.9 Å². The van der Waals surface area contributed by atoms with E-state index in [2.05, 4.69) is 4.98 Å². The molecular weight excluding hydrogens is 247 g/mol. The zero-order valence-electron chi connectivity index (χ0n) is 8.36. The van der Waals surface area contributed by atoms with Crippen molar-refractivity contribution in [2.45, 2.75) is 12.5 Å². The number of hydrogen-bond acceptors (Lipinski definition) is 3. The average Bonchev–Trinajstić information content (AvgIpc) is 2.64. The number of halogens is 2. The third kappa shape index (κ3) is 2.58. The van der Waals surface area contributed by atoms with Gasteiger partial charge in [-0.1, -0.05) is 11.6 Å². The standard InChI is InChI=1S/C11H10ClFN2S/c12-11-2-1-7(16-11)5-10(14)8-3-4-15-6-9(8)13/h1-4,6,10H,5,14H2. The Kier molecular flexibility index (Phi) is 3.53. The van der Waals surface area contributed by atoms with Crippen molar-refractivity contribution in [2.24, 2.45) is 5.73 Å². The van der Waals surface area contributed by atoms with Crippen molar-refractivity contribution in [1.29, 1.82) is 0 Å². The molecule has 0 saturated heterocycles. The normalized spacial score (nSPS) is 12.7. The fourth-order valence-corrected chi connectivity index (χ4v) is 2.62. The zero-order valence-corrected chi connectivity index (χ0v) is 9.93. The van der Waals surface area contributed by atoms with Crippen molar-refractivity contribution in [3.8, 4) is 0 Å². The number of thiophene rings is 1. The Hall–Kier alpha value is -0.970. The van der Waals surface area contributed by atoms with Crippen molar-refractivity contribution in [1.82, 2.24) is 4.98 Å². The fraction of sp³-hybridized carbons (Fsp3) is 0.182. The fourth-order valence-electron chi connectivity index (χ4n) is 1.47. The van der Waals surface area contributed by atoms with Gasteiger partial charge in [0.25, 0.3) is 0 Å². The number of rotatable bonds is 3. The highest BCUT2D eigenvalue weighted by Crippen LogP contribution is 2.26. The van der Waals surface area contributed by atoms with Crippen LogP contribution >= 0.6 is 22.9 Å². The highest BCUT2D eigenvalue weighted by atomic mass is 35.5. The van der Waals surface area contributed by atoms with E-state index >= 15 is 0 Å². The third-order valence-electron chi connectivity index (χ3n) is 2.25. The maximum atomic E-state index is 13.4. The summed E-state index contributed by atoms with van der Waals surface area (Å²) in [5, 5.41) is 0. The number of pyridine rings is 1. The van der Waals surface area contributed by atoms with Gasteiger partial charge in [0, 0.05) is 29.1 Å². The van der Waals surface area contributed by atoms with Gasteiger partial charge < -0.3 is 5.73 Å². The molecule has 84 valence electrons. The molecule has 2 N–H and O–H groups in total. The van der Waals surface area contributed by atoms with Crippen LogP contribution in [0.5, 0.6) is 0 Å². The summed E-state index contributed by atoms with van der Waals surface area (Å²) in [5.74, 6) is -0.363. The van der Waals surface area contributed by atoms with Gasteiger partial charge in [0.2, 0.25) is 0 Å². The van der Waals surface area contributed by atoms with Gasteiger partial charge in [0.15, 0.2) is 0 Å². The van der Waals surface area contributed by atoms with Gasteiger partial charge in [-0.3, -0.25) is 4.98 Å². The Morgan fingerprint density at radius 3 is 2.88 bits per heavy atom. The van der Waals surface area contributed by atoms with Crippen LogP contribution in [0, 0.1) is 5.82 Å². The van der Waals surface area contributed by atoms with Crippen molar-refractivity contribution in [3.63, 3.8) is 0 Å². The second-order valence-corrected chi connectivity index (χ2v) is 5.21. The molecule has 0 aliphatic carbocycles. The predicted octanol–water partition coefficient (Wildman–Crippen LogP) is 3.18. The van der Waals surface area contributed by atoms with E-state index in [1.807, 2.05) is 12.1 Å². The first-order valence-corrected chi connectivity index (χ1v) is 5.95. The molecule has 2 nitrogen and oxygen atoms in total. The molecule has 2 aromatic rings. The summed E-state index contributed by atoms with van der Waals surface area (Å²) >= 11 is 7.28. The molecule has 0 aliphatic heterocycles. The van der Waals surface area contributed by atoms with Crippen LogP contribution in [-0.4, -0.2) is 4.98 Å². The minimum absolute atomic E-state index is 0.363. The number of nitrogens with zero attached hydrogens (tertiary/aromatic N) is 1. The smallest absolute Gasteiger partial charge is 0.146 e. The summed E-state index contributed by atoms with van der Waals surface area (Å²) in [5.41, 5.74) is 6.42. The lowest BCUT2D eigenvalue weighted by Gasteiger charge is -2.11. The molecule has 1 unspecified atom stereocenters. The Morgan fingerprint density at radius 1 is 1.44 bits per heavy atom. The molecule has 2 aromatic heterocycles.